The second-order valence-corrected chi connectivity index (χ2v) is 11.8. The van der Waals surface area contributed by atoms with Crippen molar-refractivity contribution in [2.45, 2.75) is 16.7 Å². The van der Waals surface area contributed by atoms with Crippen molar-refractivity contribution in [1.82, 2.24) is 0 Å². The smallest absolute Gasteiger partial charge is 0.261 e. The third kappa shape index (κ3) is 6.48. The second kappa shape index (κ2) is 10.6. The van der Waals surface area contributed by atoms with E-state index in [2.05, 4.69) is 14.8 Å². The number of nitrogens with one attached hydrogen (secondary N) is 3. The van der Waals surface area contributed by atoms with Crippen LogP contribution in [0, 0.1) is 6.92 Å². The fraction of sp³-hybridized carbons (Fsp3) is 0.0385. The lowest BCUT2D eigenvalue weighted by Gasteiger charge is -2.13. The molecule has 0 saturated carbocycles. The van der Waals surface area contributed by atoms with Gasteiger partial charge in [-0.05, 0) is 79.2 Å². The topological polar surface area (TPSA) is 121 Å². The molecular weight excluding hydrogens is 534 g/mol. The fourth-order valence-corrected chi connectivity index (χ4v) is 5.75. The van der Waals surface area contributed by atoms with Crippen LogP contribution in [0.1, 0.15) is 15.9 Å². The van der Waals surface area contributed by atoms with E-state index < -0.39 is 26.0 Å². The van der Waals surface area contributed by atoms with Gasteiger partial charge in [0.2, 0.25) is 0 Å². The Morgan fingerprint density at radius 2 is 1.32 bits per heavy atom. The van der Waals surface area contributed by atoms with Gasteiger partial charge in [0.1, 0.15) is 0 Å². The monoisotopic (exact) mass is 555 g/mol. The van der Waals surface area contributed by atoms with Crippen molar-refractivity contribution in [2.24, 2.45) is 0 Å². The first-order chi connectivity index (χ1) is 17.5. The summed E-state index contributed by atoms with van der Waals surface area (Å²) in [5.41, 5.74) is 1.81. The number of hydrogen-bond acceptors (Lipinski definition) is 5. The minimum Gasteiger partial charge on any atom is -0.322 e. The number of anilines is 3. The molecule has 0 saturated heterocycles. The van der Waals surface area contributed by atoms with Gasteiger partial charge in [0, 0.05) is 16.3 Å². The molecule has 3 N–H and O–H groups in total. The Labute approximate surface area is 220 Å². The first-order valence-electron chi connectivity index (χ1n) is 10.9. The molecule has 0 heterocycles. The summed E-state index contributed by atoms with van der Waals surface area (Å²) >= 11 is 5.91. The van der Waals surface area contributed by atoms with Crippen LogP contribution in [0.4, 0.5) is 17.1 Å². The van der Waals surface area contributed by atoms with E-state index in [4.69, 9.17) is 11.6 Å². The molecule has 0 aliphatic rings. The number of halogens is 1. The number of amides is 1. The highest BCUT2D eigenvalue weighted by atomic mass is 35.5. The third-order valence-corrected chi connectivity index (χ3v) is 8.31. The average Bonchev–Trinajstić information content (AvgIpc) is 2.86. The number of hydrogen-bond donors (Lipinski definition) is 3. The molecule has 0 bridgehead atoms. The van der Waals surface area contributed by atoms with E-state index in [0.717, 1.165) is 0 Å². The molecule has 8 nitrogen and oxygen atoms in total. The summed E-state index contributed by atoms with van der Waals surface area (Å²) in [6, 6.07) is 24.5. The Bertz CT molecular complexity index is 1660. The van der Waals surface area contributed by atoms with E-state index in [9.17, 15) is 21.6 Å². The van der Waals surface area contributed by atoms with Crippen LogP contribution >= 0.6 is 11.6 Å². The van der Waals surface area contributed by atoms with Crippen molar-refractivity contribution >= 4 is 54.6 Å². The van der Waals surface area contributed by atoms with Crippen LogP contribution in [0.2, 0.25) is 5.02 Å². The van der Waals surface area contributed by atoms with Crippen LogP contribution in [0.25, 0.3) is 0 Å². The van der Waals surface area contributed by atoms with Crippen molar-refractivity contribution in [2.75, 3.05) is 14.8 Å². The minimum atomic E-state index is -3.86. The molecule has 0 atom stereocenters. The molecule has 190 valence electrons. The summed E-state index contributed by atoms with van der Waals surface area (Å²) in [4.78, 5) is 12.9. The lowest BCUT2D eigenvalue weighted by molar-refractivity contribution is 0.102. The maximum atomic E-state index is 12.8. The van der Waals surface area contributed by atoms with E-state index in [0.29, 0.717) is 22.0 Å². The van der Waals surface area contributed by atoms with E-state index >= 15 is 0 Å². The largest absolute Gasteiger partial charge is 0.322 e. The lowest BCUT2D eigenvalue weighted by Crippen LogP contribution is -2.16. The predicted molar refractivity (Wildman–Crippen MR) is 145 cm³/mol. The first-order valence-corrected chi connectivity index (χ1v) is 14.3. The zero-order chi connectivity index (χ0) is 26.6. The molecule has 0 aliphatic heterocycles. The zero-order valence-electron chi connectivity index (χ0n) is 19.5. The van der Waals surface area contributed by atoms with Crippen molar-refractivity contribution in [1.29, 1.82) is 0 Å². The second-order valence-electron chi connectivity index (χ2n) is 8.04. The zero-order valence-corrected chi connectivity index (χ0v) is 21.9. The van der Waals surface area contributed by atoms with E-state index in [-0.39, 0.29) is 21.0 Å². The number of carbonyl (C=O) groups excluding carboxylic acids is 1. The lowest BCUT2D eigenvalue weighted by atomic mass is 10.1. The van der Waals surface area contributed by atoms with Gasteiger partial charge < -0.3 is 5.32 Å². The van der Waals surface area contributed by atoms with Crippen LogP contribution in [0.15, 0.2) is 107 Å². The molecule has 0 aromatic heterocycles. The molecule has 0 radical (unpaired) electrons. The van der Waals surface area contributed by atoms with Crippen molar-refractivity contribution in [3.8, 4) is 0 Å². The van der Waals surface area contributed by atoms with Gasteiger partial charge in [0.15, 0.2) is 0 Å². The van der Waals surface area contributed by atoms with Crippen LogP contribution in [-0.2, 0) is 20.0 Å². The minimum absolute atomic E-state index is 0.00147. The highest BCUT2D eigenvalue weighted by Gasteiger charge is 2.17. The van der Waals surface area contributed by atoms with E-state index in [1.165, 1.54) is 48.5 Å². The molecule has 1 amide bonds. The molecule has 4 rings (SSSR count). The highest BCUT2D eigenvalue weighted by molar-refractivity contribution is 7.93. The maximum Gasteiger partial charge on any atom is 0.261 e. The summed E-state index contributed by atoms with van der Waals surface area (Å²) in [6.45, 7) is 1.72. The van der Waals surface area contributed by atoms with Crippen LogP contribution < -0.4 is 14.8 Å². The number of sulfonamides is 2. The van der Waals surface area contributed by atoms with Crippen LogP contribution in [-0.4, -0.2) is 22.7 Å². The van der Waals surface area contributed by atoms with Gasteiger partial charge in [-0.1, -0.05) is 41.9 Å². The van der Waals surface area contributed by atoms with Crippen molar-refractivity contribution < 1.29 is 21.6 Å². The predicted octanol–water partition coefficient (Wildman–Crippen LogP) is 5.50. The van der Waals surface area contributed by atoms with Crippen molar-refractivity contribution in [3.63, 3.8) is 0 Å². The van der Waals surface area contributed by atoms with Gasteiger partial charge in [-0.15, -0.1) is 0 Å². The van der Waals surface area contributed by atoms with E-state index in [1.54, 1.807) is 55.5 Å². The number of aryl methyl sites for hydroxylation is 1. The molecule has 4 aromatic rings. The van der Waals surface area contributed by atoms with Gasteiger partial charge in [0.25, 0.3) is 26.0 Å². The molecular formula is C26H22ClN3O5S2. The van der Waals surface area contributed by atoms with Gasteiger partial charge in [-0.25, -0.2) is 16.8 Å². The first kappa shape index (κ1) is 26.2. The summed E-state index contributed by atoms with van der Waals surface area (Å²) in [5, 5.41) is 3.08. The van der Waals surface area contributed by atoms with Gasteiger partial charge in [0.05, 0.1) is 21.2 Å². The molecule has 0 fully saturated rings. The van der Waals surface area contributed by atoms with Gasteiger partial charge in [-0.2, -0.15) is 0 Å². The Morgan fingerprint density at radius 1 is 0.676 bits per heavy atom. The van der Waals surface area contributed by atoms with Crippen molar-refractivity contribution in [3.05, 3.63) is 113 Å². The molecule has 0 aliphatic carbocycles. The molecule has 0 spiro atoms. The number of benzene rings is 4. The van der Waals surface area contributed by atoms with Gasteiger partial charge in [-0.3, -0.25) is 14.2 Å². The number of rotatable bonds is 8. The molecule has 4 aromatic carbocycles. The average molecular weight is 556 g/mol. The summed E-state index contributed by atoms with van der Waals surface area (Å²) in [6.07, 6.45) is 0. The maximum absolute atomic E-state index is 12.8. The standard InChI is InChI=1S/C26H22ClN3O5S2/c1-18-10-11-19(16-25(18)30-37(34,35)23-8-3-2-4-9-23)26(31)28-21-12-14-24(15-13-21)36(32,33)29-22-7-5-6-20(27)17-22/h2-17,29-30H,1H3,(H,28,31). The fourth-order valence-electron chi connectivity index (χ4n) is 3.36. The normalized spacial score (nSPS) is 11.5. The van der Waals surface area contributed by atoms with Crippen LogP contribution in [0.5, 0.6) is 0 Å². The van der Waals surface area contributed by atoms with Gasteiger partial charge >= 0.3 is 0 Å². The molecule has 37 heavy (non-hydrogen) atoms. The Kier molecular flexibility index (Phi) is 7.53. The quantitative estimate of drug-likeness (QED) is 0.265. The Morgan fingerprint density at radius 3 is 2.00 bits per heavy atom. The SMILES string of the molecule is Cc1ccc(C(=O)Nc2ccc(S(=O)(=O)Nc3cccc(Cl)c3)cc2)cc1NS(=O)(=O)c1ccccc1. The Balaban J connectivity index is 1.48. The third-order valence-electron chi connectivity index (χ3n) is 5.30. The summed E-state index contributed by atoms with van der Waals surface area (Å²) < 4.78 is 55.7. The summed E-state index contributed by atoms with van der Waals surface area (Å²) in [7, 11) is -7.70. The van der Waals surface area contributed by atoms with Crippen LogP contribution in [0.3, 0.4) is 0 Å². The highest BCUT2D eigenvalue weighted by Crippen LogP contribution is 2.23. The molecule has 0 unspecified atom stereocenters. The molecule has 11 heteroatoms. The Hall–Kier alpha value is -3.86. The number of carbonyl (C=O) groups is 1. The van der Waals surface area contributed by atoms with E-state index in [1.807, 2.05) is 0 Å². The summed E-state index contributed by atoms with van der Waals surface area (Å²) in [5.74, 6) is -0.493.